The molecule has 1 saturated heterocycles. The van der Waals surface area contributed by atoms with Crippen molar-refractivity contribution in [2.75, 3.05) is 13.1 Å². The van der Waals surface area contributed by atoms with Crippen molar-refractivity contribution in [3.8, 4) is 0 Å². The zero-order chi connectivity index (χ0) is 10.4. The summed E-state index contributed by atoms with van der Waals surface area (Å²) in [5.41, 5.74) is 0. The summed E-state index contributed by atoms with van der Waals surface area (Å²) in [6, 6.07) is 0. The Bertz CT molecular complexity index is 246. The van der Waals surface area contributed by atoms with Gasteiger partial charge < -0.3 is 10.0 Å². The first-order valence-corrected chi connectivity index (χ1v) is 5.00. The van der Waals surface area contributed by atoms with Crippen LogP contribution in [0.25, 0.3) is 0 Å². The number of aliphatic hydroxyl groups is 1. The first-order valence-electron chi connectivity index (χ1n) is 5.00. The molecule has 0 aromatic carbocycles. The van der Waals surface area contributed by atoms with Crippen molar-refractivity contribution in [2.45, 2.75) is 25.9 Å². The van der Waals surface area contributed by atoms with Crippen LogP contribution >= 0.6 is 0 Å². The fraction of sp³-hybridized carbons (Fsp3) is 0.545. The third-order valence-electron chi connectivity index (χ3n) is 2.25. The van der Waals surface area contributed by atoms with E-state index in [4.69, 9.17) is 0 Å². The quantitative estimate of drug-likeness (QED) is 0.529. The van der Waals surface area contributed by atoms with Crippen LogP contribution in [-0.2, 0) is 4.79 Å². The monoisotopic (exact) mass is 195 g/mol. The second kappa shape index (κ2) is 5.60. The Balaban J connectivity index is 2.43. The van der Waals surface area contributed by atoms with Gasteiger partial charge in [0.15, 0.2) is 0 Å². The highest BCUT2D eigenvalue weighted by atomic mass is 16.3. The Morgan fingerprint density at radius 1 is 1.50 bits per heavy atom. The zero-order valence-electron chi connectivity index (χ0n) is 8.52. The fourth-order valence-electron chi connectivity index (χ4n) is 1.51. The second-order valence-corrected chi connectivity index (χ2v) is 3.47. The summed E-state index contributed by atoms with van der Waals surface area (Å²) in [4.78, 5) is 13.2. The van der Waals surface area contributed by atoms with Gasteiger partial charge >= 0.3 is 0 Å². The summed E-state index contributed by atoms with van der Waals surface area (Å²) in [5.74, 6) is -0.0122. The number of hydrogen-bond donors (Lipinski definition) is 1. The maximum absolute atomic E-state index is 11.5. The van der Waals surface area contributed by atoms with Gasteiger partial charge in [0.05, 0.1) is 6.10 Å². The normalized spacial score (nSPS) is 23.6. The predicted octanol–water partition coefficient (Wildman–Crippen LogP) is 1.10. The first kappa shape index (κ1) is 11.0. The Hall–Kier alpha value is -1.09. The van der Waals surface area contributed by atoms with E-state index in [1.165, 1.54) is 6.08 Å². The van der Waals surface area contributed by atoms with E-state index in [0.717, 1.165) is 19.4 Å². The largest absolute Gasteiger partial charge is 0.391 e. The molecular formula is C11H17NO2. The van der Waals surface area contributed by atoms with E-state index < -0.39 is 0 Å². The number of carbonyl (C=O) groups excluding carboxylic acids is 1. The van der Waals surface area contributed by atoms with Gasteiger partial charge in [-0.05, 0) is 19.8 Å². The van der Waals surface area contributed by atoms with Gasteiger partial charge in [0.2, 0.25) is 5.91 Å². The predicted molar refractivity (Wildman–Crippen MR) is 55.8 cm³/mol. The number of aliphatic hydroxyl groups excluding tert-OH is 1. The Labute approximate surface area is 84.7 Å². The minimum absolute atomic E-state index is 0.0122. The lowest BCUT2D eigenvalue weighted by Gasteiger charge is -2.29. The fourth-order valence-corrected chi connectivity index (χ4v) is 1.51. The molecule has 0 saturated carbocycles. The molecule has 1 fully saturated rings. The van der Waals surface area contributed by atoms with Crippen molar-refractivity contribution >= 4 is 5.91 Å². The molecule has 1 rings (SSSR count). The van der Waals surface area contributed by atoms with Gasteiger partial charge in [-0.15, -0.1) is 0 Å². The van der Waals surface area contributed by atoms with Crippen LogP contribution in [0.1, 0.15) is 19.8 Å². The average molecular weight is 195 g/mol. The Morgan fingerprint density at radius 3 is 2.93 bits per heavy atom. The topological polar surface area (TPSA) is 40.5 Å². The van der Waals surface area contributed by atoms with Crippen molar-refractivity contribution in [1.29, 1.82) is 0 Å². The van der Waals surface area contributed by atoms with Crippen molar-refractivity contribution in [2.24, 2.45) is 0 Å². The average Bonchev–Trinajstić information content (AvgIpc) is 2.18. The van der Waals surface area contributed by atoms with E-state index in [1.54, 1.807) is 11.0 Å². The van der Waals surface area contributed by atoms with Crippen molar-refractivity contribution < 1.29 is 9.90 Å². The smallest absolute Gasteiger partial charge is 0.246 e. The van der Waals surface area contributed by atoms with Crippen LogP contribution in [0, 0.1) is 0 Å². The van der Waals surface area contributed by atoms with Crippen LogP contribution in [-0.4, -0.2) is 35.1 Å². The number of likely N-dealkylation sites (tertiary alicyclic amines) is 1. The van der Waals surface area contributed by atoms with Crippen LogP contribution in [0.4, 0.5) is 0 Å². The van der Waals surface area contributed by atoms with Crippen LogP contribution < -0.4 is 0 Å². The first-order chi connectivity index (χ1) is 6.74. The molecule has 0 aromatic rings. The number of β-amino-alcohol motifs (C(OH)–C–C–N with tert-alkyl or cyclic N) is 1. The van der Waals surface area contributed by atoms with Gasteiger partial charge in [-0.3, -0.25) is 4.79 Å². The number of carbonyl (C=O) groups is 1. The lowest BCUT2D eigenvalue weighted by atomic mass is 10.1. The zero-order valence-corrected chi connectivity index (χ0v) is 8.52. The molecule has 0 spiro atoms. The van der Waals surface area contributed by atoms with Gasteiger partial charge in [-0.1, -0.05) is 18.2 Å². The number of piperidine rings is 1. The van der Waals surface area contributed by atoms with Gasteiger partial charge in [0, 0.05) is 19.2 Å². The van der Waals surface area contributed by atoms with Crippen molar-refractivity contribution in [3.05, 3.63) is 24.3 Å². The molecule has 3 nitrogen and oxygen atoms in total. The summed E-state index contributed by atoms with van der Waals surface area (Å²) >= 11 is 0. The van der Waals surface area contributed by atoms with Crippen LogP contribution in [0.2, 0.25) is 0 Å². The highest BCUT2D eigenvalue weighted by molar-refractivity contribution is 5.87. The Morgan fingerprint density at radius 2 is 2.29 bits per heavy atom. The van der Waals surface area contributed by atoms with E-state index in [0.29, 0.717) is 6.54 Å². The number of nitrogens with zero attached hydrogens (tertiary/aromatic N) is 1. The second-order valence-electron chi connectivity index (χ2n) is 3.47. The van der Waals surface area contributed by atoms with E-state index in [9.17, 15) is 9.90 Å². The van der Waals surface area contributed by atoms with E-state index >= 15 is 0 Å². The molecule has 0 bridgehead atoms. The van der Waals surface area contributed by atoms with Crippen LogP contribution in [0.5, 0.6) is 0 Å². The molecule has 0 aliphatic carbocycles. The summed E-state index contributed by atoms with van der Waals surface area (Å²) in [5, 5.41) is 9.37. The molecule has 1 N–H and O–H groups in total. The minimum Gasteiger partial charge on any atom is -0.391 e. The van der Waals surface area contributed by atoms with Gasteiger partial charge in [-0.25, -0.2) is 0 Å². The maximum Gasteiger partial charge on any atom is 0.246 e. The molecular weight excluding hydrogens is 178 g/mol. The van der Waals surface area contributed by atoms with E-state index in [1.807, 2.05) is 19.1 Å². The molecule has 1 aliphatic rings. The number of allylic oxidation sites excluding steroid dienone is 3. The van der Waals surface area contributed by atoms with Gasteiger partial charge in [0.1, 0.15) is 0 Å². The Kier molecular flexibility index (Phi) is 4.40. The standard InChI is InChI=1S/C11H17NO2/c1-2-3-4-7-11(14)12-8-5-6-10(13)9-12/h2-4,7,10,13H,5-6,8-9H2,1H3/t10-/m0/s1. The van der Waals surface area contributed by atoms with Gasteiger partial charge in [0.25, 0.3) is 0 Å². The molecule has 1 atom stereocenters. The van der Waals surface area contributed by atoms with Gasteiger partial charge in [-0.2, -0.15) is 0 Å². The van der Waals surface area contributed by atoms with E-state index in [2.05, 4.69) is 0 Å². The number of hydrogen-bond acceptors (Lipinski definition) is 2. The molecule has 1 aliphatic heterocycles. The summed E-state index contributed by atoms with van der Waals surface area (Å²) in [7, 11) is 0. The third kappa shape index (κ3) is 3.34. The lowest BCUT2D eigenvalue weighted by molar-refractivity contribution is -0.128. The van der Waals surface area contributed by atoms with Crippen LogP contribution in [0.15, 0.2) is 24.3 Å². The molecule has 1 amide bonds. The minimum atomic E-state index is -0.345. The highest BCUT2D eigenvalue weighted by Crippen LogP contribution is 2.09. The molecule has 0 unspecified atom stereocenters. The number of amides is 1. The molecule has 1 heterocycles. The SMILES string of the molecule is CC=CC=CC(=O)N1CCC[C@H](O)C1. The molecule has 3 heteroatoms. The molecule has 14 heavy (non-hydrogen) atoms. The third-order valence-corrected chi connectivity index (χ3v) is 2.25. The maximum atomic E-state index is 11.5. The van der Waals surface area contributed by atoms with E-state index in [-0.39, 0.29) is 12.0 Å². The lowest BCUT2D eigenvalue weighted by Crippen LogP contribution is -2.41. The molecule has 0 aromatic heterocycles. The number of rotatable bonds is 2. The van der Waals surface area contributed by atoms with Crippen molar-refractivity contribution in [1.82, 2.24) is 4.90 Å². The van der Waals surface area contributed by atoms with Crippen LogP contribution in [0.3, 0.4) is 0 Å². The molecule has 0 radical (unpaired) electrons. The molecule has 78 valence electrons. The summed E-state index contributed by atoms with van der Waals surface area (Å²) < 4.78 is 0. The van der Waals surface area contributed by atoms with Crippen molar-refractivity contribution in [3.63, 3.8) is 0 Å². The summed E-state index contributed by atoms with van der Waals surface area (Å²) in [6.45, 7) is 3.13. The highest BCUT2D eigenvalue weighted by Gasteiger charge is 2.19. The summed E-state index contributed by atoms with van der Waals surface area (Å²) in [6.07, 6.45) is 8.31.